The van der Waals surface area contributed by atoms with Crippen LogP contribution in [0.3, 0.4) is 0 Å². The number of halogens is 3. The largest absolute Gasteiger partial charge is 0.416 e. The lowest BCUT2D eigenvalue weighted by atomic mass is 10.1. The molecule has 1 aliphatic heterocycles. The zero-order valence-corrected chi connectivity index (χ0v) is 15.6. The van der Waals surface area contributed by atoms with Crippen molar-refractivity contribution in [3.05, 3.63) is 46.8 Å². The Labute approximate surface area is 159 Å². The van der Waals surface area contributed by atoms with Gasteiger partial charge in [-0.3, -0.25) is 9.48 Å². The van der Waals surface area contributed by atoms with Crippen LogP contribution in [0, 0.1) is 0 Å². The van der Waals surface area contributed by atoms with E-state index in [0.29, 0.717) is 18.5 Å². The summed E-state index contributed by atoms with van der Waals surface area (Å²) in [6.07, 6.45) is -1.80. The molecule has 150 valence electrons. The van der Waals surface area contributed by atoms with Crippen LogP contribution in [0.1, 0.15) is 46.2 Å². The second-order valence-electron chi connectivity index (χ2n) is 7.16. The third-order valence-corrected chi connectivity index (χ3v) is 6.92. The Morgan fingerprint density at radius 2 is 1.89 bits per heavy atom. The highest BCUT2D eigenvalue weighted by Crippen LogP contribution is 2.32. The van der Waals surface area contributed by atoms with Gasteiger partial charge >= 0.3 is 6.18 Å². The molecule has 4 rings (SSSR count). The van der Waals surface area contributed by atoms with Crippen LogP contribution in [0.25, 0.3) is 0 Å². The van der Waals surface area contributed by atoms with Gasteiger partial charge in [0.25, 0.3) is 5.91 Å². The van der Waals surface area contributed by atoms with E-state index in [1.165, 1.54) is 16.8 Å². The zero-order valence-electron chi connectivity index (χ0n) is 14.8. The molecule has 1 aromatic heterocycles. The van der Waals surface area contributed by atoms with E-state index in [1.807, 2.05) is 0 Å². The van der Waals surface area contributed by atoms with Crippen LogP contribution in [-0.2, 0) is 28.9 Å². The standard InChI is InChI=1S/C18H18F3N3O3S/c19-18(20,21)11-4-6-12(7-5-11)22-17(25)16-14-2-1-3-15(14)23-24(16)13-8-9-28(26,27)10-13/h4-7,13H,1-3,8-10H2,(H,22,25). The third kappa shape index (κ3) is 3.52. The number of hydrogen-bond donors (Lipinski definition) is 1. The minimum absolute atomic E-state index is 0.0577. The Morgan fingerprint density at radius 3 is 2.50 bits per heavy atom. The van der Waals surface area contributed by atoms with Gasteiger partial charge in [-0.1, -0.05) is 0 Å². The first kappa shape index (κ1) is 19.0. The smallest absolute Gasteiger partial charge is 0.321 e. The maximum Gasteiger partial charge on any atom is 0.416 e. The van der Waals surface area contributed by atoms with Crippen LogP contribution in [0.4, 0.5) is 18.9 Å². The molecule has 2 aromatic rings. The van der Waals surface area contributed by atoms with E-state index in [2.05, 4.69) is 10.4 Å². The summed E-state index contributed by atoms with van der Waals surface area (Å²) in [5.41, 5.74) is 1.34. The fraction of sp³-hybridized carbons (Fsp3) is 0.444. The van der Waals surface area contributed by atoms with Crippen molar-refractivity contribution in [3.8, 4) is 0 Å². The average Bonchev–Trinajstić information content (AvgIpc) is 3.27. The number of sulfone groups is 1. The number of amides is 1. The number of aryl methyl sites for hydroxylation is 1. The predicted octanol–water partition coefficient (Wildman–Crippen LogP) is 3.00. The van der Waals surface area contributed by atoms with Crippen molar-refractivity contribution < 1.29 is 26.4 Å². The Hall–Kier alpha value is -2.36. The van der Waals surface area contributed by atoms with Crippen molar-refractivity contribution >= 4 is 21.4 Å². The molecule has 0 bridgehead atoms. The second kappa shape index (κ2) is 6.61. The van der Waals surface area contributed by atoms with Crippen molar-refractivity contribution in [2.45, 2.75) is 37.9 Å². The molecule has 1 N–H and O–H groups in total. The number of fused-ring (bicyclic) bond motifs is 1. The molecule has 1 aliphatic carbocycles. The Bertz CT molecular complexity index is 1030. The number of rotatable bonds is 3. The van der Waals surface area contributed by atoms with Gasteiger partial charge in [0.15, 0.2) is 9.84 Å². The van der Waals surface area contributed by atoms with Gasteiger partial charge in [0.2, 0.25) is 0 Å². The summed E-state index contributed by atoms with van der Waals surface area (Å²) in [5, 5.41) is 7.11. The molecule has 2 aliphatic rings. The van der Waals surface area contributed by atoms with Gasteiger partial charge in [-0.25, -0.2) is 8.42 Å². The van der Waals surface area contributed by atoms with Crippen LogP contribution >= 0.6 is 0 Å². The number of alkyl halides is 3. The van der Waals surface area contributed by atoms with Crippen molar-refractivity contribution in [2.75, 3.05) is 16.8 Å². The first-order valence-corrected chi connectivity index (χ1v) is 10.8. The van der Waals surface area contributed by atoms with E-state index in [0.717, 1.165) is 36.2 Å². The normalized spacial score (nSPS) is 20.9. The monoisotopic (exact) mass is 413 g/mol. The molecule has 0 radical (unpaired) electrons. The summed E-state index contributed by atoms with van der Waals surface area (Å²) in [6, 6.07) is 3.80. The molecule has 0 saturated carbocycles. The van der Waals surface area contributed by atoms with Crippen molar-refractivity contribution in [1.29, 1.82) is 0 Å². The molecular formula is C18H18F3N3O3S. The maximum absolute atomic E-state index is 12.9. The molecule has 28 heavy (non-hydrogen) atoms. The van der Waals surface area contributed by atoms with Gasteiger partial charge in [-0.15, -0.1) is 0 Å². The number of nitrogens with one attached hydrogen (secondary N) is 1. The number of aromatic nitrogens is 2. The Balaban J connectivity index is 1.62. The number of nitrogens with zero attached hydrogens (tertiary/aromatic N) is 2. The first-order chi connectivity index (χ1) is 13.1. The Kier molecular flexibility index (Phi) is 4.48. The molecule has 1 saturated heterocycles. The van der Waals surface area contributed by atoms with Gasteiger partial charge in [-0.2, -0.15) is 18.3 Å². The zero-order chi connectivity index (χ0) is 20.1. The van der Waals surface area contributed by atoms with E-state index in [4.69, 9.17) is 0 Å². The highest BCUT2D eigenvalue weighted by molar-refractivity contribution is 7.91. The quantitative estimate of drug-likeness (QED) is 0.839. The SMILES string of the molecule is O=C(Nc1ccc(C(F)(F)F)cc1)c1c2c(nn1C1CCS(=O)(=O)C1)CCC2. The summed E-state index contributed by atoms with van der Waals surface area (Å²) >= 11 is 0. The number of hydrogen-bond acceptors (Lipinski definition) is 4. The van der Waals surface area contributed by atoms with Gasteiger partial charge in [0.1, 0.15) is 5.69 Å². The van der Waals surface area contributed by atoms with Gasteiger partial charge < -0.3 is 5.32 Å². The highest BCUT2D eigenvalue weighted by Gasteiger charge is 2.36. The minimum Gasteiger partial charge on any atom is -0.321 e. The van der Waals surface area contributed by atoms with Crippen LogP contribution in [-0.4, -0.2) is 35.6 Å². The molecule has 1 unspecified atom stereocenters. The van der Waals surface area contributed by atoms with E-state index < -0.39 is 33.5 Å². The van der Waals surface area contributed by atoms with Crippen LogP contribution < -0.4 is 5.32 Å². The molecule has 10 heteroatoms. The second-order valence-corrected chi connectivity index (χ2v) is 9.39. The highest BCUT2D eigenvalue weighted by atomic mass is 32.2. The summed E-state index contributed by atoms with van der Waals surface area (Å²) in [4.78, 5) is 12.9. The number of carbonyl (C=O) groups excluding carboxylic acids is 1. The van der Waals surface area contributed by atoms with Gasteiger partial charge in [0.05, 0.1) is 28.8 Å². The predicted molar refractivity (Wildman–Crippen MR) is 96.0 cm³/mol. The fourth-order valence-corrected chi connectivity index (χ4v) is 5.51. The summed E-state index contributed by atoms with van der Waals surface area (Å²) in [6.45, 7) is 0. The lowest BCUT2D eigenvalue weighted by molar-refractivity contribution is -0.137. The molecule has 2 heterocycles. The van der Waals surface area contributed by atoms with Crippen LogP contribution in [0.2, 0.25) is 0 Å². The number of benzene rings is 1. The van der Waals surface area contributed by atoms with Crippen LogP contribution in [0.15, 0.2) is 24.3 Å². The van der Waals surface area contributed by atoms with E-state index in [-0.39, 0.29) is 17.2 Å². The lowest BCUT2D eigenvalue weighted by Gasteiger charge is -2.15. The summed E-state index contributed by atoms with van der Waals surface area (Å²) in [5.74, 6) is -0.490. The lowest BCUT2D eigenvalue weighted by Crippen LogP contribution is -2.23. The Morgan fingerprint density at radius 1 is 1.18 bits per heavy atom. The van der Waals surface area contributed by atoms with Crippen molar-refractivity contribution in [3.63, 3.8) is 0 Å². The maximum atomic E-state index is 12.9. The molecular weight excluding hydrogens is 395 g/mol. The van der Waals surface area contributed by atoms with E-state index in [1.54, 1.807) is 0 Å². The molecule has 6 nitrogen and oxygen atoms in total. The molecule has 0 spiro atoms. The summed E-state index contributed by atoms with van der Waals surface area (Å²) < 4.78 is 63.3. The van der Waals surface area contributed by atoms with E-state index in [9.17, 15) is 26.4 Å². The van der Waals surface area contributed by atoms with Crippen molar-refractivity contribution in [2.24, 2.45) is 0 Å². The minimum atomic E-state index is -4.45. The summed E-state index contributed by atoms with van der Waals surface area (Å²) in [7, 11) is -3.16. The fourth-order valence-electron chi connectivity index (χ4n) is 3.82. The molecule has 1 aromatic carbocycles. The number of anilines is 1. The van der Waals surface area contributed by atoms with Crippen LogP contribution in [0.5, 0.6) is 0 Å². The molecule has 1 atom stereocenters. The third-order valence-electron chi connectivity index (χ3n) is 5.17. The first-order valence-electron chi connectivity index (χ1n) is 8.93. The van der Waals surface area contributed by atoms with Gasteiger partial charge in [0, 0.05) is 11.3 Å². The van der Waals surface area contributed by atoms with E-state index >= 15 is 0 Å². The van der Waals surface area contributed by atoms with Crippen molar-refractivity contribution in [1.82, 2.24) is 9.78 Å². The number of carbonyl (C=O) groups is 1. The topological polar surface area (TPSA) is 81.1 Å². The molecule has 1 amide bonds. The average molecular weight is 413 g/mol. The van der Waals surface area contributed by atoms with Gasteiger partial charge in [-0.05, 0) is 49.9 Å². The molecule has 1 fully saturated rings.